The molecule has 72 valence electrons. The second kappa shape index (κ2) is 4.60. The van der Waals surface area contributed by atoms with Crippen LogP contribution in [0.15, 0.2) is 0 Å². The smallest absolute Gasteiger partial charge is 0.150 e. The minimum absolute atomic E-state index is 0.0568. The van der Waals surface area contributed by atoms with Gasteiger partial charge in [0.15, 0.2) is 0 Å². The summed E-state index contributed by atoms with van der Waals surface area (Å²) in [5.74, 6) is 0.217. The lowest BCUT2D eigenvalue weighted by atomic mass is 10.1. The number of carbonyl (C=O) groups excluding carboxylic acids is 1. The number of hydrogen-bond acceptors (Lipinski definition) is 3. The van der Waals surface area contributed by atoms with Crippen molar-refractivity contribution < 1.29 is 13.2 Å². The summed E-state index contributed by atoms with van der Waals surface area (Å²) in [6, 6.07) is 0. The van der Waals surface area contributed by atoms with E-state index in [1.165, 1.54) is 6.92 Å². The van der Waals surface area contributed by atoms with Crippen molar-refractivity contribution in [2.45, 2.75) is 27.2 Å². The first-order valence-electron chi connectivity index (χ1n) is 4.10. The van der Waals surface area contributed by atoms with E-state index in [0.717, 1.165) is 0 Å². The summed E-state index contributed by atoms with van der Waals surface area (Å²) in [6.07, 6.45) is 0.450. The molecule has 0 aliphatic heterocycles. The van der Waals surface area contributed by atoms with Gasteiger partial charge in [0.05, 0.1) is 5.75 Å². The first-order valence-corrected chi connectivity index (χ1v) is 5.92. The van der Waals surface area contributed by atoms with Crippen LogP contribution >= 0.6 is 0 Å². The molecule has 0 N–H and O–H groups in total. The zero-order chi connectivity index (χ0) is 9.78. The van der Waals surface area contributed by atoms with Crippen molar-refractivity contribution >= 4 is 15.6 Å². The van der Waals surface area contributed by atoms with E-state index in [1.54, 1.807) is 13.8 Å². The quantitative estimate of drug-likeness (QED) is 0.654. The zero-order valence-electron chi connectivity index (χ0n) is 7.83. The standard InChI is InChI=1S/C8H16O3S/c1-4-12(10,11)6-5-7(2)8(3)9/h7H,4-6H2,1-3H3. The monoisotopic (exact) mass is 192 g/mol. The molecule has 0 bridgehead atoms. The maximum atomic E-state index is 11.0. The summed E-state index contributed by atoms with van der Waals surface area (Å²) in [7, 11) is -2.90. The highest BCUT2D eigenvalue weighted by Gasteiger charge is 2.13. The van der Waals surface area contributed by atoms with Crippen molar-refractivity contribution in [1.82, 2.24) is 0 Å². The predicted octanol–water partition coefficient (Wildman–Crippen LogP) is 1.04. The van der Waals surface area contributed by atoms with E-state index >= 15 is 0 Å². The van der Waals surface area contributed by atoms with Gasteiger partial charge in [-0.15, -0.1) is 0 Å². The molecule has 0 spiro atoms. The normalized spacial score (nSPS) is 14.2. The Morgan fingerprint density at radius 2 is 1.92 bits per heavy atom. The topological polar surface area (TPSA) is 51.2 Å². The Hall–Kier alpha value is -0.380. The van der Waals surface area contributed by atoms with Gasteiger partial charge in [-0.05, 0) is 13.3 Å². The fraction of sp³-hybridized carbons (Fsp3) is 0.875. The number of rotatable bonds is 5. The summed E-state index contributed by atoms with van der Waals surface area (Å²) in [5.41, 5.74) is 0. The van der Waals surface area contributed by atoms with Gasteiger partial charge in [0.25, 0.3) is 0 Å². The highest BCUT2D eigenvalue weighted by Crippen LogP contribution is 2.05. The fourth-order valence-electron chi connectivity index (χ4n) is 0.704. The average molecular weight is 192 g/mol. The van der Waals surface area contributed by atoms with E-state index in [2.05, 4.69) is 0 Å². The SMILES string of the molecule is CCS(=O)(=O)CCC(C)C(C)=O. The van der Waals surface area contributed by atoms with Crippen LogP contribution in [0, 0.1) is 5.92 Å². The van der Waals surface area contributed by atoms with Crippen LogP contribution in [-0.4, -0.2) is 25.7 Å². The van der Waals surface area contributed by atoms with E-state index in [1.807, 2.05) is 0 Å². The summed E-state index contributed by atoms with van der Waals surface area (Å²) < 4.78 is 22.0. The van der Waals surface area contributed by atoms with Crippen LogP contribution in [0.5, 0.6) is 0 Å². The van der Waals surface area contributed by atoms with Crippen molar-refractivity contribution in [2.75, 3.05) is 11.5 Å². The molecule has 1 unspecified atom stereocenters. The van der Waals surface area contributed by atoms with Gasteiger partial charge < -0.3 is 0 Å². The third kappa shape index (κ3) is 4.49. The Morgan fingerprint density at radius 1 is 1.42 bits per heavy atom. The van der Waals surface area contributed by atoms with E-state index in [0.29, 0.717) is 6.42 Å². The molecular formula is C8H16O3S. The minimum Gasteiger partial charge on any atom is -0.300 e. The molecule has 0 aromatic heterocycles. The van der Waals surface area contributed by atoms with Gasteiger partial charge >= 0.3 is 0 Å². The maximum absolute atomic E-state index is 11.0. The lowest BCUT2D eigenvalue weighted by Gasteiger charge is -2.06. The second-order valence-electron chi connectivity index (χ2n) is 3.04. The molecule has 1 atom stereocenters. The number of carbonyl (C=O) groups is 1. The fourth-order valence-corrected chi connectivity index (χ4v) is 1.71. The second-order valence-corrected chi connectivity index (χ2v) is 5.51. The first-order chi connectivity index (χ1) is 5.39. The first kappa shape index (κ1) is 11.6. The molecule has 0 rings (SSSR count). The van der Waals surface area contributed by atoms with Crippen LogP contribution in [0.3, 0.4) is 0 Å². The molecule has 0 heterocycles. The van der Waals surface area contributed by atoms with Crippen molar-refractivity contribution in [3.05, 3.63) is 0 Å². The minimum atomic E-state index is -2.90. The molecule has 0 aromatic carbocycles. The number of sulfone groups is 1. The number of ketones is 1. The lowest BCUT2D eigenvalue weighted by molar-refractivity contribution is -0.120. The Kier molecular flexibility index (Phi) is 4.45. The molecular weight excluding hydrogens is 176 g/mol. The molecule has 12 heavy (non-hydrogen) atoms. The van der Waals surface area contributed by atoms with Gasteiger partial charge in [-0.25, -0.2) is 8.42 Å². The zero-order valence-corrected chi connectivity index (χ0v) is 8.65. The van der Waals surface area contributed by atoms with Crippen molar-refractivity contribution in [3.63, 3.8) is 0 Å². The highest BCUT2D eigenvalue weighted by molar-refractivity contribution is 7.91. The van der Waals surface area contributed by atoms with Crippen LogP contribution in [0.4, 0.5) is 0 Å². The van der Waals surface area contributed by atoms with Gasteiger partial charge in [-0.3, -0.25) is 4.79 Å². The Bertz CT molecular complexity index is 241. The molecule has 0 amide bonds. The Labute approximate surface area is 74.1 Å². The number of Topliss-reactive ketones (excluding diaryl/α,β-unsaturated/α-hetero) is 1. The third-order valence-corrected chi connectivity index (χ3v) is 3.73. The Morgan fingerprint density at radius 3 is 2.25 bits per heavy atom. The van der Waals surface area contributed by atoms with E-state index < -0.39 is 9.84 Å². The maximum Gasteiger partial charge on any atom is 0.150 e. The number of hydrogen-bond donors (Lipinski definition) is 0. The van der Waals surface area contributed by atoms with Crippen LogP contribution in [0.1, 0.15) is 27.2 Å². The van der Waals surface area contributed by atoms with Crippen molar-refractivity contribution in [2.24, 2.45) is 5.92 Å². The van der Waals surface area contributed by atoms with E-state index in [4.69, 9.17) is 0 Å². The van der Waals surface area contributed by atoms with Gasteiger partial charge in [-0.2, -0.15) is 0 Å². The summed E-state index contributed by atoms with van der Waals surface area (Å²) in [5, 5.41) is 0. The Balaban J connectivity index is 3.92. The van der Waals surface area contributed by atoms with Crippen LogP contribution in [-0.2, 0) is 14.6 Å². The van der Waals surface area contributed by atoms with Crippen molar-refractivity contribution in [1.29, 1.82) is 0 Å². The van der Waals surface area contributed by atoms with Gasteiger partial charge in [0.2, 0.25) is 0 Å². The van der Waals surface area contributed by atoms with Gasteiger partial charge in [0.1, 0.15) is 15.6 Å². The van der Waals surface area contributed by atoms with Crippen LogP contribution in [0.25, 0.3) is 0 Å². The average Bonchev–Trinajstić information content (AvgIpc) is 2.00. The molecule has 0 aromatic rings. The highest BCUT2D eigenvalue weighted by atomic mass is 32.2. The molecule has 0 radical (unpaired) electrons. The van der Waals surface area contributed by atoms with E-state index in [9.17, 15) is 13.2 Å². The molecule has 0 aliphatic rings. The predicted molar refractivity (Wildman–Crippen MR) is 48.8 cm³/mol. The molecule has 0 aliphatic carbocycles. The molecule has 3 nitrogen and oxygen atoms in total. The summed E-state index contributed by atoms with van der Waals surface area (Å²) in [4.78, 5) is 10.8. The van der Waals surface area contributed by atoms with Gasteiger partial charge in [0, 0.05) is 11.7 Å². The molecule has 0 saturated carbocycles. The summed E-state index contributed by atoms with van der Waals surface area (Å²) in [6.45, 7) is 4.87. The van der Waals surface area contributed by atoms with Crippen LogP contribution in [0.2, 0.25) is 0 Å². The summed E-state index contributed by atoms with van der Waals surface area (Å²) >= 11 is 0. The molecule has 0 saturated heterocycles. The van der Waals surface area contributed by atoms with E-state index in [-0.39, 0.29) is 23.2 Å². The van der Waals surface area contributed by atoms with Crippen molar-refractivity contribution in [3.8, 4) is 0 Å². The third-order valence-electron chi connectivity index (χ3n) is 2.00. The molecule has 4 heteroatoms. The largest absolute Gasteiger partial charge is 0.300 e. The molecule has 0 fully saturated rings. The van der Waals surface area contributed by atoms with Gasteiger partial charge in [-0.1, -0.05) is 13.8 Å². The van der Waals surface area contributed by atoms with Crippen LogP contribution < -0.4 is 0 Å². The lowest BCUT2D eigenvalue weighted by Crippen LogP contribution is -2.15.